The first-order valence-electron chi connectivity index (χ1n) is 5.16. The van der Waals surface area contributed by atoms with E-state index in [1.54, 1.807) is 5.38 Å². The van der Waals surface area contributed by atoms with Crippen LogP contribution in [0.1, 0.15) is 21.6 Å². The van der Waals surface area contributed by atoms with Gasteiger partial charge in [0.25, 0.3) is 5.91 Å². The van der Waals surface area contributed by atoms with E-state index in [0.29, 0.717) is 10.8 Å². The average Bonchev–Trinajstić information content (AvgIpc) is 2.70. The molecule has 1 aromatic heterocycles. The molecular formula is C12H13N3OS. The molecule has 0 saturated carbocycles. The Morgan fingerprint density at radius 3 is 2.53 bits per heavy atom. The lowest BCUT2D eigenvalue weighted by Gasteiger charge is -2.10. The van der Waals surface area contributed by atoms with E-state index >= 15 is 0 Å². The predicted octanol–water partition coefficient (Wildman–Crippen LogP) is 2.59. The molecule has 0 radical (unpaired) electrons. The van der Waals surface area contributed by atoms with Crippen LogP contribution in [-0.2, 0) is 0 Å². The molecular weight excluding hydrogens is 234 g/mol. The molecule has 0 aliphatic heterocycles. The summed E-state index contributed by atoms with van der Waals surface area (Å²) in [5.74, 6) is -0.227. The van der Waals surface area contributed by atoms with Gasteiger partial charge in [-0.3, -0.25) is 4.79 Å². The Hall–Kier alpha value is -1.88. The highest BCUT2D eigenvalue weighted by Crippen LogP contribution is 2.21. The quantitative estimate of drug-likeness (QED) is 0.857. The Bertz CT molecular complexity index is 542. The second-order valence-corrected chi connectivity index (χ2v) is 4.68. The van der Waals surface area contributed by atoms with Gasteiger partial charge in [0.1, 0.15) is 5.69 Å². The second-order valence-electron chi connectivity index (χ2n) is 3.79. The lowest BCUT2D eigenvalue weighted by atomic mass is 10.1. The molecule has 0 unspecified atom stereocenters. The van der Waals surface area contributed by atoms with E-state index in [9.17, 15) is 4.79 Å². The maximum atomic E-state index is 11.9. The summed E-state index contributed by atoms with van der Waals surface area (Å²) in [6.45, 7) is 3.91. The zero-order chi connectivity index (χ0) is 12.4. The normalized spacial score (nSPS) is 10.2. The summed E-state index contributed by atoms with van der Waals surface area (Å²) in [6.07, 6.45) is 0. The van der Waals surface area contributed by atoms with Gasteiger partial charge in [0, 0.05) is 11.1 Å². The van der Waals surface area contributed by atoms with Crippen LogP contribution in [0.15, 0.2) is 23.6 Å². The Kier molecular flexibility index (Phi) is 3.10. The number of hydrogen-bond acceptors (Lipinski definition) is 4. The van der Waals surface area contributed by atoms with E-state index in [2.05, 4.69) is 10.3 Å². The molecule has 1 heterocycles. The largest absolute Gasteiger partial charge is 0.375 e. The number of para-hydroxylation sites is 1. The number of benzene rings is 1. The summed E-state index contributed by atoms with van der Waals surface area (Å²) in [5.41, 5.74) is 8.75. The Morgan fingerprint density at radius 2 is 2.00 bits per heavy atom. The molecule has 0 aliphatic rings. The van der Waals surface area contributed by atoms with Crippen molar-refractivity contribution in [3.05, 3.63) is 40.4 Å². The van der Waals surface area contributed by atoms with E-state index in [4.69, 9.17) is 5.73 Å². The first-order valence-corrected chi connectivity index (χ1v) is 6.04. The van der Waals surface area contributed by atoms with Gasteiger partial charge in [-0.1, -0.05) is 18.2 Å². The number of amides is 1. The number of aromatic nitrogens is 1. The standard InChI is InChI=1S/C12H13N3OS/c1-7-4-3-5-8(2)10(7)15-11(16)9-6-17-12(13)14-9/h3-6H,1-2H3,(H2,13,14)(H,15,16). The third-order valence-electron chi connectivity index (χ3n) is 2.47. The molecule has 0 aliphatic carbocycles. The summed E-state index contributed by atoms with van der Waals surface area (Å²) in [7, 11) is 0. The molecule has 0 saturated heterocycles. The number of nitrogens with zero attached hydrogens (tertiary/aromatic N) is 1. The summed E-state index contributed by atoms with van der Waals surface area (Å²) in [4.78, 5) is 15.9. The molecule has 0 spiro atoms. The van der Waals surface area contributed by atoms with E-state index in [1.807, 2.05) is 32.0 Å². The Labute approximate surface area is 103 Å². The van der Waals surface area contributed by atoms with E-state index < -0.39 is 0 Å². The SMILES string of the molecule is Cc1cccc(C)c1NC(=O)c1csc(N)n1. The molecule has 1 amide bonds. The Balaban J connectivity index is 2.24. The monoisotopic (exact) mass is 247 g/mol. The van der Waals surface area contributed by atoms with Crippen molar-refractivity contribution >= 4 is 28.1 Å². The maximum absolute atomic E-state index is 11.9. The number of anilines is 2. The highest BCUT2D eigenvalue weighted by atomic mass is 32.1. The topological polar surface area (TPSA) is 68.0 Å². The molecule has 4 nitrogen and oxygen atoms in total. The minimum Gasteiger partial charge on any atom is -0.375 e. The fourth-order valence-corrected chi connectivity index (χ4v) is 2.12. The molecule has 2 rings (SSSR count). The number of aryl methyl sites for hydroxylation is 2. The van der Waals surface area contributed by atoms with Gasteiger partial charge in [0.05, 0.1) is 0 Å². The zero-order valence-electron chi connectivity index (χ0n) is 9.65. The molecule has 3 N–H and O–H groups in total. The van der Waals surface area contributed by atoms with Gasteiger partial charge in [0.15, 0.2) is 5.13 Å². The molecule has 1 aromatic carbocycles. The van der Waals surface area contributed by atoms with Crippen molar-refractivity contribution in [2.75, 3.05) is 11.1 Å². The number of carbonyl (C=O) groups is 1. The van der Waals surface area contributed by atoms with Crippen molar-refractivity contribution in [1.82, 2.24) is 4.98 Å². The van der Waals surface area contributed by atoms with Crippen LogP contribution in [0.5, 0.6) is 0 Å². The lowest BCUT2D eigenvalue weighted by Crippen LogP contribution is -2.14. The number of thiazole rings is 1. The summed E-state index contributed by atoms with van der Waals surface area (Å²) >= 11 is 1.26. The van der Waals surface area contributed by atoms with Crippen molar-refractivity contribution in [2.24, 2.45) is 0 Å². The lowest BCUT2D eigenvalue weighted by molar-refractivity contribution is 0.102. The molecule has 0 fully saturated rings. The van der Waals surface area contributed by atoms with E-state index in [1.165, 1.54) is 11.3 Å². The van der Waals surface area contributed by atoms with Gasteiger partial charge in [-0.2, -0.15) is 0 Å². The smallest absolute Gasteiger partial charge is 0.275 e. The summed E-state index contributed by atoms with van der Waals surface area (Å²) in [5, 5.41) is 4.91. The van der Waals surface area contributed by atoms with Crippen LogP contribution < -0.4 is 11.1 Å². The number of hydrogen-bond donors (Lipinski definition) is 2. The molecule has 0 atom stereocenters. The number of carbonyl (C=O) groups excluding carboxylic acids is 1. The number of nitrogens with one attached hydrogen (secondary N) is 1. The van der Waals surface area contributed by atoms with Crippen molar-refractivity contribution in [3.8, 4) is 0 Å². The first-order chi connectivity index (χ1) is 8.08. The van der Waals surface area contributed by atoms with Crippen molar-refractivity contribution in [2.45, 2.75) is 13.8 Å². The summed E-state index contributed by atoms with van der Waals surface area (Å²) < 4.78 is 0. The minimum atomic E-state index is -0.227. The zero-order valence-corrected chi connectivity index (χ0v) is 10.5. The van der Waals surface area contributed by atoms with Gasteiger partial charge in [-0.25, -0.2) is 4.98 Å². The molecule has 2 aromatic rings. The van der Waals surface area contributed by atoms with Crippen LogP contribution in [0.4, 0.5) is 10.8 Å². The van der Waals surface area contributed by atoms with E-state index in [-0.39, 0.29) is 5.91 Å². The number of nitrogen functional groups attached to an aromatic ring is 1. The van der Waals surface area contributed by atoms with Crippen LogP contribution in [-0.4, -0.2) is 10.9 Å². The number of nitrogens with two attached hydrogens (primary N) is 1. The molecule has 0 bridgehead atoms. The van der Waals surface area contributed by atoms with Gasteiger partial charge in [-0.15, -0.1) is 11.3 Å². The molecule has 88 valence electrons. The second kappa shape index (κ2) is 4.55. The minimum absolute atomic E-state index is 0.227. The average molecular weight is 247 g/mol. The van der Waals surface area contributed by atoms with Gasteiger partial charge < -0.3 is 11.1 Å². The Morgan fingerprint density at radius 1 is 1.35 bits per heavy atom. The highest BCUT2D eigenvalue weighted by molar-refractivity contribution is 7.13. The highest BCUT2D eigenvalue weighted by Gasteiger charge is 2.12. The van der Waals surface area contributed by atoms with E-state index in [0.717, 1.165) is 16.8 Å². The third-order valence-corrected chi connectivity index (χ3v) is 3.15. The number of rotatable bonds is 2. The van der Waals surface area contributed by atoms with Gasteiger partial charge >= 0.3 is 0 Å². The first kappa shape index (κ1) is 11.6. The third kappa shape index (κ3) is 2.45. The predicted molar refractivity (Wildman–Crippen MR) is 70.4 cm³/mol. The fraction of sp³-hybridized carbons (Fsp3) is 0.167. The van der Waals surface area contributed by atoms with Gasteiger partial charge in [-0.05, 0) is 25.0 Å². The van der Waals surface area contributed by atoms with Crippen molar-refractivity contribution < 1.29 is 4.79 Å². The molecule has 17 heavy (non-hydrogen) atoms. The van der Waals surface area contributed by atoms with Crippen LogP contribution in [0.3, 0.4) is 0 Å². The van der Waals surface area contributed by atoms with Gasteiger partial charge in [0.2, 0.25) is 0 Å². The fourth-order valence-electron chi connectivity index (χ4n) is 1.58. The van der Waals surface area contributed by atoms with Crippen LogP contribution in [0.25, 0.3) is 0 Å². The van der Waals surface area contributed by atoms with Crippen LogP contribution >= 0.6 is 11.3 Å². The van der Waals surface area contributed by atoms with Crippen molar-refractivity contribution in [1.29, 1.82) is 0 Å². The maximum Gasteiger partial charge on any atom is 0.275 e. The summed E-state index contributed by atoms with van der Waals surface area (Å²) in [6, 6.07) is 5.87. The van der Waals surface area contributed by atoms with Crippen molar-refractivity contribution in [3.63, 3.8) is 0 Å². The molecule has 5 heteroatoms. The van der Waals surface area contributed by atoms with Crippen LogP contribution in [0.2, 0.25) is 0 Å². The van der Waals surface area contributed by atoms with Crippen LogP contribution in [0, 0.1) is 13.8 Å².